The highest BCUT2D eigenvalue weighted by Crippen LogP contribution is 2.25. The molecule has 6 heteroatoms. The number of carbonyl (C=O) groups excluding carboxylic acids is 1. The maximum atomic E-state index is 12.1. The summed E-state index contributed by atoms with van der Waals surface area (Å²) in [5.41, 5.74) is 0.811. The van der Waals surface area contributed by atoms with Crippen LogP contribution in [0.3, 0.4) is 0 Å². The first-order chi connectivity index (χ1) is 10.3. The van der Waals surface area contributed by atoms with Crippen LogP contribution in [0.4, 0.5) is 4.79 Å². The standard InChI is InChI=1S/C16H18N2O4/c1-16(2,3)22-15(21)18-9-6-12(13(10-18)14(19)20)11-4-7-17-8-5-11/h4-9H,10H2,1-3H3,(H,19,20). The van der Waals surface area contributed by atoms with Crippen LogP contribution in [0.1, 0.15) is 26.3 Å². The van der Waals surface area contributed by atoms with E-state index in [0.717, 1.165) is 5.56 Å². The Morgan fingerprint density at radius 2 is 1.91 bits per heavy atom. The molecule has 0 aromatic carbocycles. The summed E-state index contributed by atoms with van der Waals surface area (Å²) in [6.45, 7) is 5.23. The van der Waals surface area contributed by atoms with Gasteiger partial charge in [-0.3, -0.25) is 9.88 Å². The van der Waals surface area contributed by atoms with E-state index >= 15 is 0 Å². The van der Waals surface area contributed by atoms with E-state index in [9.17, 15) is 14.7 Å². The summed E-state index contributed by atoms with van der Waals surface area (Å²) in [5, 5.41) is 9.42. The molecule has 1 aliphatic rings. The fraction of sp³-hybridized carbons (Fsp3) is 0.312. The molecular formula is C16H18N2O4. The topological polar surface area (TPSA) is 79.7 Å². The van der Waals surface area contributed by atoms with Crippen molar-refractivity contribution in [1.82, 2.24) is 9.88 Å². The summed E-state index contributed by atoms with van der Waals surface area (Å²) in [4.78, 5) is 28.7. The molecule has 1 aromatic heterocycles. The van der Waals surface area contributed by atoms with Gasteiger partial charge >= 0.3 is 12.1 Å². The molecule has 0 radical (unpaired) electrons. The third-order valence-electron chi connectivity index (χ3n) is 2.95. The fourth-order valence-electron chi connectivity index (χ4n) is 2.00. The molecule has 0 bridgehead atoms. The summed E-state index contributed by atoms with van der Waals surface area (Å²) in [6.07, 6.45) is 5.75. The summed E-state index contributed by atoms with van der Waals surface area (Å²) in [7, 11) is 0. The molecule has 0 atom stereocenters. The number of amides is 1. The highest BCUT2D eigenvalue weighted by molar-refractivity contribution is 6.00. The number of carbonyl (C=O) groups is 2. The predicted molar refractivity (Wildman–Crippen MR) is 80.9 cm³/mol. The van der Waals surface area contributed by atoms with Crippen LogP contribution < -0.4 is 0 Å². The molecule has 0 fully saturated rings. The maximum Gasteiger partial charge on any atom is 0.414 e. The van der Waals surface area contributed by atoms with Gasteiger partial charge in [-0.15, -0.1) is 0 Å². The first kappa shape index (κ1) is 15.8. The van der Waals surface area contributed by atoms with Gasteiger partial charge in [-0.2, -0.15) is 0 Å². The number of aromatic nitrogens is 1. The van der Waals surface area contributed by atoms with E-state index in [1.54, 1.807) is 51.4 Å². The Bertz CT molecular complexity index is 642. The molecule has 1 aromatic rings. The van der Waals surface area contributed by atoms with Crippen molar-refractivity contribution in [3.05, 3.63) is 47.9 Å². The van der Waals surface area contributed by atoms with Gasteiger partial charge in [0.1, 0.15) is 5.60 Å². The lowest BCUT2D eigenvalue weighted by atomic mass is 9.98. The number of allylic oxidation sites excluding steroid dienone is 2. The first-order valence-electron chi connectivity index (χ1n) is 6.82. The van der Waals surface area contributed by atoms with Gasteiger partial charge in [0, 0.05) is 18.6 Å². The van der Waals surface area contributed by atoms with E-state index in [1.165, 1.54) is 11.1 Å². The summed E-state index contributed by atoms with van der Waals surface area (Å²) >= 11 is 0. The largest absolute Gasteiger partial charge is 0.478 e. The fourth-order valence-corrected chi connectivity index (χ4v) is 2.00. The molecule has 1 amide bonds. The minimum atomic E-state index is -1.07. The zero-order valence-electron chi connectivity index (χ0n) is 12.7. The van der Waals surface area contributed by atoms with Gasteiger partial charge in [-0.25, -0.2) is 9.59 Å². The Labute approximate surface area is 128 Å². The van der Waals surface area contributed by atoms with E-state index in [0.29, 0.717) is 5.57 Å². The minimum Gasteiger partial charge on any atom is -0.478 e. The maximum absolute atomic E-state index is 12.1. The lowest BCUT2D eigenvalue weighted by Crippen LogP contribution is -2.37. The van der Waals surface area contributed by atoms with E-state index in [2.05, 4.69) is 4.98 Å². The molecule has 0 spiro atoms. The zero-order chi connectivity index (χ0) is 16.3. The second-order valence-electron chi connectivity index (χ2n) is 5.86. The van der Waals surface area contributed by atoms with Gasteiger partial charge in [-0.05, 0) is 50.1 Å². The lowest BCUT2D eigenvalue weighted by Gasteiger charge is -2.27. The Kier molecular flexibility index (Phi) is 4.30. The van der Waals surface area contributed by atoms with Crippen LogP contribution in [-0.4, -0.2) is 39.2 Å². The SMILES string of the molecule is CC(C)(C)OC(=O)N1C=CC(c2ccncc2)=C(C(=O)O)C1. The van der Waals surface area contributed by atoms with E-state index < -0.39 is 17.7 Å². The van der Waals surface area contributed by atoms with Crippen molar-refractivity contribution in [1.29, 1.82) is 0 Å². The quantitative estimate of drug-likeness (QED) is 0.908. The van der Waals surface area contributed by atoms with E-state index in [-0.39, 0.29) is 12.1 Å². The molecule has 116 valence electrons. The highest BCUT2D eigenvalue weighted by Gasteiger charge is 2.27. The molecule has 1 aliphatic heterocycles. The molecule has 0 unspecified atom stereocenters. The van der Waals surface area contributed by atoms with Gasteiger partial charge in [0.15, 0.2) is 0 Å². The van der Waals surface area contributed by atoms with Crippen molar-refractivity contribution in [2.24, 2.45) is 0 Å². The van der Waals surface area contributed by atoms with Crippen LogP contribution in [0.15, 0.2) is 42.4 Å². The molecule has 22 heavy (non-hydrogen) atoms. The third kappa shape index (κ3) is 3.72. The molecule has 2 rings (SSSR count). The van der Waals surface area contributed by atoms with Crippen LogP contribution in [0.5, 0.6) is 0 Å². The second-order valence-corrected chi connectivity index (χ2v) is 5.86. The summed E-state index contributed by atoms with van der Waals surface area (Å²) < 4.78 is 5.26. The average molecular weight is 302 g/mol. The molecule has 0 aliphatic carbocycles. The summed E-state index contributed by atoms with van der Waals surface area (Å²) in [6, 6.07) is 3.46. The molecule has 0 saturated heterocycles. The number of pyridine rings is 1. The Hall–Kier alpha value is -2.63. The number of carboxylic acid groups (broad SMARTS) is 1. The van der Waals surface area contributed by atoms with Crippen LogP contribution in [-0.2, 0) is 9.53 Å². The number of rotatable bonds is 2. The van der Waals surface area contributed by atoms with Crippen LogP contribution in [0.25, 0.3) is 5.57 Å². The molecule has 2 heterocycles. The zero-order valence-corrected chi connectivity index (χ0v) is 12.7. The van der Waals surface area contributed by atoms with Gasteiger partial charge < -0.3 is 9.84 Å². The highest BCUT2D eigenvalue weighted by atomic mass is 16.6. The van der Waals surface area contributed by atoms with Crippen molar-refractivity contribution in [2.75, 3.05) is 6.54 Å². The number of hydrogen-bond donors (Lipinski definition) is 1. The summed E-state index contributed by atoms with van der Waals surface area (Å²) in [5.74, 6) is -1.07. The van der Waals surface area contributed by atoms with Crippen molar-refractivity contribution >= 4 is 17.6 Å². The minimum absolute atomic E-state index is 0.0433. The van der Waals surface area contributed by atoms with Crippen molar-refractivity contribution in [2.45, 2.75) is 26.4 Å². The Morgan fingerprint density at radius 3 is 2.45 bits per heavy atom. The van der Waals surface area contributed by atoms with Crippen molar-refractivity contribution < 1.29 is 19.4 Å². The molecule has 0 saturated carbocycles. The normalized spacial score (nSPS) is 15.0. The number of aliphatic carboxylic acids is 1. The van der Waals surface area contributed by atoms with E-state index in [1.807, 2.05) is 0 Å². The number of hydrogen-bond acceptors (Lipinski definition) is 4. The Morgan fingerprint density at radius 1 is 1.27 bits per heavy atom. The Balaban J connectivity index is 2.27. The smallest absolute Gasteiger partial charge is 0.414 e. The number of ether oxygens (including phenoxy) is 1. The molecule has 1 N–H and O–H groups in total. The van der Waals surface area contributed by atoms with Gasteiger partial charge in [0.05, 0.1) is 12.1 Å². The van der Waals surface area contributed by atoms with Crippen LogP contribution in [0.2, 0.25) is 0 Å². The van der Waals surface area contributed by atoms with Gasteiger partial charge in [0.2, 0.25) is 0 Å². The lowest BCUT2D eigenvalue weighted by molar-refractivity contribution is -0.132. The molecule has 6 nitrogen and oxygen atoms in total. The van der Waals surface area contributed by atoms with Crippen molar-refractivity contribution in [3.8, 4) is 0 Å². The van der Waals surface area contributed by atoms with Gasteiger partial charge in [-0.1, -0.05) is 0 Å². The number of carboxylic acids is 1. The predicted octanol–water partition coefficient (Wildman–Crippen LogP) is 2.68. The van der Waals surface area contributed by atoms with E-state index in [4.69, 9.17) is 4.74 Å². The molecular weight excluding hydrogens is 284 g/mol. The number of nitrogens with zero attached hydrogens (tertiary/aromatic N) is 2. The van der Waals surface area contributed by atoms with Crippen LogP contribution >= 0.6 is 0 Å². The second kappa shape index (κ2) is 6.01. The van der Waals surface area contributed by atoms with Crippen LogP contribution in [0, 0.1) is 0 Å². The monoisotopic (exact) mass is 302 g/mol. The first-order valence-corrected chi connectivity index (χ1v) is 6.82. The average Bonchev–Trinajstić information content (AvgIpc) is 2.45. The van der Waals surface area contributed by atoms with Gasteiger partial charge in [0.25, 0.3) is 0 Å². The van der Waals surface area contributed by atoms with Crippen molar-refractivity contribution in [3.63, 3.8) is 0 Å². The third-order valence-corrected chi connectivity index (χ3v) is 2.95.